The minimum atomic E-state index is -2.69. The van der Waals surface area contributed by atoms with Crippen LogP contribution in [0.4, 0.5) is 8.78 Å². The molecule has 1 aromatic heterocycles. The first kappa shape index (κ1) is 18.5. The minimum Gasteiger partial charge on any atom is -0.373 e. The Morgan fingerprint density at radius 1 is 1.38 bits per heavy atom. The van der Waals surface area contributed by atoms with E-state index in [1.165, 1.54) is 0 Å². The number of alkyl halides is 2. The first-order chi connectivity index (χ1) is 12.5. The molecule has 1 aliphatic rings. The Balaban J connectivity index is 1.92. The number of rotatable bonds is 5. The fraction of sp³-hybridized carbons (Fsp3) is 0.444. The van der Waals surface area contributed by atoms with Crippen molar-refractivity contribution in [3.63, 3.8) is 0 Å². The summed E-state index contributed by atoms with van der Waals surface area (Å²) in [6.07, 6.45) is -2.92. The summed E-state index contributed by atoms with van der Waals surface area (Å²) in [6.45, 7) is 1.39. The van der Waals surface area contributed by atoms with Crippen LogP contribution in [0.2, 0.25) is 0 Å². The van der Waals surface area contributed by atoms with E-state index < -0.39 is 6.43 Å². The van der Waals surface area contributed by atoms with Crippen molar-refractivity contribution >= 4 is 5.91 Å². The number of likely N-dealkylation sites (N-methyl/N-ethyl adjacent to an activating group) is 1. The molecular weight excluding hydrogens is 342 g/mol. The second-order valence-electron chi connectivity index (χ2n) is 6.53. The summed E-state index contributed by atoms with van der Waals surface area (Å²) in [4.78, 5) is 16.6. The van der Waals surface area contributed by atoms with E-state index in [4.69, 9.17) is 4.74 Å². The van der Waals surface area contributed by atoms with Gasteiger partial charge in [0.15, 0.2) is 5.69 Å². The van der Waals surface area contributed by atoms with Crippen LogP contribution < -0.4 is 0 Å². The van der Waals surface area contributed by atoms with E-state index in [1.54, 1.807) is 4.90 Å². The highest BCUT2D eigenvalue weighted by molar-refractivity contribution is 5.92. The summed E-state index contributed by atoms with van der Waals surface area (Å²) in [5.74, 6) is -0.381. The number of amides is 1. The molecule has 1 saturated heterocycles. The highest BCUT2D eigenvalue weighted by Gasteiger charge is 2.37. The largest absolute Gasteiger partial charge is 0.373 e. The van der Waals surface area contributed by atoms with E-state index in [2.05, 4.69) is 10.2 Å². The van der Waals surface area contributed by atoms with Crippen molar-refractivity contribution in [1.29, 1.82) is 0 Å². The third kappa shape index (κ3) is 3.91. The number of carbonyl (C=O) groups is 1. The molecule has 0 radical (unpaired) electrons. The van der Waals surface area contributed by atoms with Crippen LogP contribution >= 0.6 is 0 Å². The van der Waals surface area contributed by atoms with Crippen molar-refractivity contribution in [3.05, 3.63) is 53.3 Å². The van der Waals surface area contributed by atoms with E-state index in [9.17, 15) is 13.6 Å². The number of carbonyl (C=O) groups excluding carboxylic acids is 1. The number of aromatic nitrogens is 2. The predicted octanol–water partition coefficient (Wildman–Crippen LogP) is 2.49. The zero-order chi connectivity index (χ0) is 18.7. The van der Waals surface area contributed by atoms with Gasteiger partial charge < -0.3 is 14.5 Å². The molecule has 0 aliphatic carbocycles. The van der Waals surface area contributed by atoms with Gasteiger partial charge in [-0.1, -0.05) is 30.3 Å². The average molecular weight is 364 g/mol. The molecule has 2 atom stereocenters. The average Bonchev–Trinajstić information content (AvgIpc) is 3.11. The molecule has 2 aromatic rings. The Hall–Kier alpha value is -2.32. The maximum absolute atomic E-state index is 13.0. The molecule has 1 aromatic carbocycles. The number of H-pyrrole nitrogens is 1. The van der Waals surface area contributed by atoms with Crippen LogP contribution in [0.25, 0.3) is 0 Å². The van der Waals surface area contributed by atoms with Crippen LogP contribution in [0.3, 0.4) is 0 Å². The molecule has 1 N–H and O–H groups in total. The fourth-order valence-electron chi connectivity index (χ4n) is 3.22. The minimum absolute atomic E-state index is 0.00765. The molecule has 6 nitrogen and oxygen atoms in total. The standard InChI is InChI=1S/C18H22F2N4O2/c1-23(2)11-15-16(12-6-4-3-5-7-12)24(8-9-26-15)18(25)14-10-13(17(19)20)21-22-14/h3-7,10,15-17H,8-9,11H2,1-2H3,(H,21,22)/t15-,16-/m0/s1. The lowest BCUT2D eigenvalue weighted by atomic mass is 9.97. The van der Waals surface area contributed by atoms with Crippen LogP contribution in [0.5, 0.6) is 0 Å². The summed E-state index contributed by atoms with van der Waals surface area (Å²) < 4.78 is 31.6. The second kappa shape index (κ2) is 7.92. The van der Waals surface area contributed by atoms with E-state index in [0.717, 1.165) is 11.6 Å². The summed E-state index contributed by atoms with van der Waals surface area (Å²) in [5.41, 5.74) is 0.575. The molecule has 26 heavy (non-hydrogen) atoms. The van der Waals surface area contributed by atoms with Gasteiger partial charge in [-0.25, -0.2) is 8.78 Å². The Labute approximate surface area is 150 Å². The van der Waals surface area contributed by atoms with Gasteiger partial charge in [0.2, 0.25) is 0 Å². The number of ether oxygens (including phenoxy) is 1. The van der Waals surface area contributed by atoms with Crippen molar-refractivity contribution in [2.75, 3.05) is 33.8 Å². The number of nitrogens with one attached hydrogen (secondary N) is 1. The molecule has 1 aliphatic heterocycles. The lowest BCUT2D eigenvalue weighted by molar-refractivity contribution is -0.0686. The van der Waals surface area contributed by atoms with E-state index in [-0.39, 0.29) is 29.4 Å². The predicted molar refractivity (Wildman–Crippen MR) is 92.1 cm³/mol. The normalized spacial score (nSPS) is 20.8. The summed E-state index contributed by atoms with van der Waals surface area (Å²) in [6, 6.07) is 10.4. The maximum atomic E-state index is 13.0. The van der Waals surface area contributed by atoms with Gasteiger partial charge in [0.1, 0.15) is 5.69 Å². The van der Waals surface area contributed by atoms with Crippen molar-refractivity contribution in [3.8, 4) is 0 Å². The number of benzene rings is 1. The molecule has 0 unspecified atom stereocenters. The smallest absolute Gasteiger partial charge is 0.279 e. The summed E-state index contributed by atoms with van der Waals surface area (Å²) >= 11 is 0. The van der Waals surface area contributed by atoms with Gasteiger partial charge in [-0.15, -0.1) is 0 Å². The molecule has 1 amide bonds. The van der Waals surface area contributed by atoms with E-state index >= 15 is 0 Å². The highest BCUT2D eigenvalue weighted by Crippen LogP contribution is 2.31. The topological polar surface area (TPSA) is 61.5 Å². The Morgan fingerprint density at radius 2 is 2.12 bits per heavy atom. The first-order valence-corrected chi connectivity index (χ1v) is 8.43. The van der Waals surface area contributed by atoms with Gasteiger partial charge in [-0.3, -0.25) is 9.89 Å². The number of aromatic amines is 1. The van der Waals surface area contributed by atoms with Crippen LogP contribution in [0.1, 0.15) is 34.2 Å². The number of morpholine rings is 1. The molecule has 2 heterocycles. The van der Waals surface area contributed by atoms with Crippen molar-refractivity contribution in [1.82, 2.24) is 20.0 Å². The summed E-state index contributed by atoms with van der Waals surface area (Å²) in [5, 5.41) is 6.02. The number of halogens is 2. The van der Waals surface area contributed by atoms with Gasteiger partial charge in [0, 0.05) is 13.1 Å². The first-order valence-electron chi connectivity index (χ1n) is 8.43. The van der Waals surface area contributed by atoms with Gasteiger partial charge in [0.05, 0.1) is 18.8 Å². The molecular formula is C18H22F2N4O2. The number of hydrogen-bond donors (Lipinski definition) is 1. The Kier molecular flexibility index (Phi) is 5.63. The molecule has 140 valence electrons. The van der Waals surface area contributed by atoms with E-state index in [1.807, 2.05) is 49.3 Å². The molecule has 8 heteroatoms. The molecule has 0 spiro atoms. The highest BCUT2D eigenvalue weighted by atomic mass is 19.3. The van der Waals surface area contributed by atoms with Gasteiger partial charge in [0.25, 0.3) is 12.3 Å². The SMILES string of the molecule is CN(C)C[C@@H]1OCCN(C(=O)c2cc(C(F)F)[nH]n2)[C@H]1c1ccccc1. The lowest BCUT2D eigenvalue weighted by Gasteiger charge is -2.42. The van der Waals surface area contributed by atoms with Crippen LogP contribution in [-0.2, 0) is 4.74 Å². The maximum Gasteiger partial charge on any atom is 0.279 e. The van der Waals surface area contributed by atoms with Gasteiger partial charge >= 0.3 is 0 Å². The second-order valence-corrected chi connectivity index (χ2v) is 6.53. The quantitative estimate of drug-likeness (QED) is 0.886. The Morgan fingerprint density at radius 3 is 2.73 bits per heavy atom. The van der Waals surface area contributed by atoms with E-state index in [0.29, 0.717) is 19.7 Å². The number of hydrogen-bond acceptors (Lipinski definition) is 4. The zero-order valence-corrected chi connectivity index (χ0v) is 14.7. The molecule has 0 saturated carbocycles. The molecule has 0 bridgehead atoms. The van der Waals surface area contributed by atoms with Crippen molar-refractivity contribution < 1.29 is 18.3 Å². The third-order valence-corrected chi connectivity index (χ3v) is 4.35. The third-order valence-electron chi connectivity index (χ3n) is 4.35. The lowest BCUT2D eigenvalue weighted by Crippen LogP contribution is -2.51. The molecule has 3 rings (SSSR count). The van der Waals surface area contributed by atoms with Crippen LogP contribution in [0.15, 0.2) is 36.4 Å². The van der Waals surface area contributed by atoms with Crippen LogP contribution in [0, 0.1) is 0 Å². The Bertz CT molecular complexity index is 736. The van der Waals surface area contributed by atoms with Crippen LogP contribution in [-0.4, -0.2) is 65.8 Å². The van der Waals surface area contributed by atoms with Crippen molar-refractivity contribution in [2.24, 2.45) is 0 Å². The monoisotopic (exact) mass is 364 g/mol. The number of nitrogens with zero attached hydrogens (tertiary/aromatic N) is 3. The van der Waals surface area contributed by atoms with Crippen molar-refractivity contribution in [2.45, 2.75) is 18.6 Å². The van der Waals surface area contributed by atoms with Gasteiger partial charge in [-0.05, 0) is 25.7 Å². The fourth-order valence-corrected chi connectivity index (χ4v) is 3.22. The summed E-state index contributed by atoms with van der Waals surface area (Å²) in [7, 11) is 3.88. The molecule has 1 fully saturated rings. The van der Waals surface area contributed by atoms with Gasteiger partial charge in [-0.2, -0.15) is 5.10 Å². The zero-order valence-electron chi connectivity index (χ0n) is 14.7.